The summed E-state index contributed by atoms with van der Waals surface area (Å²) < 4.78 is 2.11. The first-order valence-electron chi connectivity index (χ1n) is 7.46. The first kappa shape index (κ1) is 12.5. The molecule has 0 amide bonds. The third-order valence-corrected chi connectivity index (χ3v) is 4.23. The van der Waals surface area contributed by atoms with Crippen molar-refractivity contribution >= 4 is 0 Å². The van der Waals surface area contributed by atoms with Gasteiger partial charge in [0.05, 0.1) is 6.33 Å². The maximum absolute atomic E-state index is 4.08. The van der Waals surface area contributed by atoms with Gasteiger partial charge in [-0.25, -0.2) is 4.98 Å². The predicted octanol–water partition coefficient (Wildman–Crippen LogP) is 4.37. The minimum Gasteiger partial charge on any atom is -0.333 e. The first-order chi connectivity index (χ1) is 9.42. The summed E-state index contributed by atoms with van der Waals surface area (Å²) in [5, 5.41) is 0. The highest BCUT2D eigenvalue weighted by Crippen LogP contribution is 2.31. The van der Waals surface area contributed by atoms with E-state index in [1.807, 2.05) is 18.7 Å². The Morgan fingerprint density at radius 1 is 1.00 bits per heavy atom. The maximum Gasteiger partial charge on any atom is 0.0949 e. The summed E-state index contributed by atoms with van der Waals surface area (Å²) in [6.07, 6.45) is 14.1. The zero-order chi connectivity index (χ0) is 12.9. The molecule has 1 aromatic heterocycles. The molecule has 0 atom stereocenters. The second kappa shape index (κ2) is 6.05. The van der Waals surface area contributed by atoms with Crippen LogP contribution in [0, 0.1) is 0 Å². The SMILES string of the molecule is c1cn(Cc2ccc(C3CCCCCC3)cc2)cn1. The number of hydrogen-bond donors (Lipinski definition) is 0. The number of hydrogen-bond acceptors (Lipinski definition) is 1. The van der Waals surface area contributed by atoms with E-state index in [1.54, 1.807) is 0 Å². The molecule has 0 saturated heterocycles. The molecule has 3 rings (SSSR count). The van der Waals surface area contributed by atoms with Gasteiger partial charge in [-0.2, -0.15) is 0 Å². The van der Waals surface area contributed by atoms with Crippen molar-refractivity contribution in [3.63, 3.8) is 0 Å². The Hall–Kier alpha value is -1.57. The van der Waals surface area contributed by atoms with Crippen molar-refractivity contribution in [1.82, 2.24) is 9.55 Å². The quantitative estimate of drug-likeness (QED) is 0.744. The predicted molar refractivity (Wildman–Crippen MR) is 78.2 cm³/mol. The molecule has 2 aromatic rings. The number of nitrogens with zero attached hydrogens (tertiary/aromatic N) is 2. The molecule has 0 spiro atoms. The van der Waals surface area contributed by atoms with Crippen LogP contribution in [0.2, 0.25) is 0 Å². The zero-order valence-corrected chi connectivity index (χ0v) is 11.5. The molecular weight excluding hydrogens is 232 g/mol. The molecule has 1 aliphatic carbocycles. The first-order valence-corrected chi connectivity index (χ1v) is 7.46. The van der Waals surface area contributed by atoms with Crippen molar-refractivity contribution in [1.29, 1.82) is 0 Å². The Morgan fingerprint density at radius 2 is 1.74 bits per heavy atom. The van der Waals surface area contributed by atoms with Crippen LogP contribution < -0.4 is 0 Å². The smallest absolute Gasteiger partial charge is 0.0949 e. The van der Waals surface area contributed by atoms with Gasteiger partial charge in [0.15, 0.2) is 0 Å². The Kier molecular flexibility index (Phi) is 3.97. The van der Waals surface area contributed by atoms with Crippen LogP contribution >= 0.6 is 0 Å². The molecule has 1 fully saturated rings. The molecule has 2 nitrogen and oxygen atoms in total. The molecule has 1 aromatic carbocycles. The van der Waals surface area contributed by atoms with Gasteiger partial charge in [-0.1, -0.05) is 49.9 Å². The van der Waals surface area contributed by atoms with Crippen LogP contribution in [-0.2, 0) is 6.54 Å². The van der Waals surface area contributed by atoms with Gasteiger partial charge in [0, 0.05) is 18.9 Å². The van der Waals surface area contributed by atoms with Crippen LogP contribution in [0.4, 0.5) is 0 Å². The second-order valence-electron chi connectivity index (χ2n) is 5.67. The molecule has 1 aliphatic rings. The molecule has 1 heterocycles. The average molecular weight is 254 g/mol. The van der Waals surface area contributed by atoms with E-state index >= 15 is 0 Å². The van der Waals surface area contributed by atoms with Gasteiger partial charge in [-0.3, -0.25) is 0 Å². The van der Waals surface area contributed by atoms with Crippen molar-refractivity contribution in [3.05, 3.63) is 54.1 Å². The van der Waals surface area contributed by atoms with E-state index in [-0.39, 0.29) is 0 Å². The summed E-state index contributed by atoms with van der Waals surface area (Å²) in [7, 11) is 0. The van der Waals surface area contributed by atoms with E-state index < -0.39 is 0 Å². The summed E-state index contributed by atoms with van der Waals surface area (Å²) in [6, 6.07) is 9.23. The van der Waals surface area contributed by atoms with E-state index in [0.717, 1.165) is 12.5 Å². The fourth-order valence-corrected chi connectivity index (χ4v) is 3.10. The van der Waals surface area contributed by atoms with Crippen LogP contribution in [0.25, 0.3) is 0 Å². The number of benzene rings is 1. The summed E-state index contributed by atoms with van der Waals surface area (Å²) in [4.78, 5) is 4.08. The Labute approximate surface area is 115 Å². The minimum atomic E-state index is 0.796. The number of rotatable bonds is 3. The minimum absolute atomic E-state index is 0.796. The fraction of sp³-hybridized carbons (Fsp3) is 0.471. The molecule has 1 saturated carbocycles. The van der Waals surface area contributed by atoms with Crippen molar-refractivity contribution in [3.8, 4) is 0 Å². The van der Waals surface area contributed by atoms with Gasteiger partial charge in [0.2, 0.25) is 0 Å². The van der Waals surface area contributed by atoms with E-state index in [4.69, 9.17) is 0 Å². The lowest BCUT2D eigenvalue weighted by atomic mass is 9.91. The molecule has 0 unspecified atom stereocenters. The summed E-state index contributed by atoms with van der Waals surface area (Å²) in [6.45, 7) is 0.922. The fourth-order valence-electron chi connectivity index (χ4n) is 3.10. The molecule has 0 radical (unpaired) electrons. The van der Waals surface area contributed by atoms with Crippen molar-refractivity contribution in [2.75, 3.05) is 0 Å². The summed E-state index contributed by atoms with van der Waals surface area (Å²) in [5.41, 5.74) is 2.90. The van der Waals surface area contributed by atoms with Crippen LogP contribution in [0.3, 0.4) is 0 Å². The maximum atomic E-state index is 4.08. The summed E-state index contributed by atoms with van der Waals surface area (Å²) in [5.74, 6) is 0.796. The molecule has 0 aliphatic heterocycles. The summed E-state index contributed by atoms with van der Waals surface area (Å²) >= 11 is 0. The van der Waals surface area contributed by atoms with Gasteiger partial charge in [0.1, 0.15) is 0 Å². The highest BCUT2D eigenvalue weighted by atomic mass is 15.0. The molecule has 0 N–H and O–H groups in total. The number of imidazole rings is 1. The lowest BCUT2D eigenvalue weighted by Gasteiger charge is -2.15. The van der Waals surface area contributed by atoms with Gasteiger partial charge >= 0.3 is 0 Å². The van der Waals surface area contributed by atoms with Crippen LogP contribution in [-0.4, -0.2) is 9.55 Å². The Bertz CT molecular complexity index is 476. The standard InChI is InChI=1S/C17H22N2/c1-2-4-6-16(5-3-1)17-9-7-15(8-10-17)13-19-12-11-18-14-19/h7-12,14,16H,1-6,13H2. The third-order valence-electron chi connectivity index (χ3n) is 4.23. The van der Waals surface area contributed by atoms with Gasteiger partial charge in [0.25, 0.3) is 0 Å². The van der Waals surface area contributed by atoms with Gasteiger partial charge in [-0.05, 0) is 29.9 Å². The highest BCUT2D eigenvalue weighted by molar-refractivity contribution is 5.25. The van der Waals surface area contributed by atoms with E-state index in [1.165, 1.54) is 49.7 Å². The molecule has 19 heavy (non-hydrogen) atoms. The van der Waals surface area contributed by atoms with E-state index in [9.17, 15) is 0 Å². The van der Waals surface area contributed by atoms with Crippen LogP contribution in [0.5, 0.6) is 0 Å². The van der Waals surface area contributed by atoms with Crippen LogP contribution in [0.15, 0.2) is 43.0 Å². The van der Waals surface area contributed by atoms with Crippen LogP contribution in [0.1, 0.15) is 55.6 Å². The molecule has 100 valence electrons. The van der Waals surface area contributed by atoms with Crippen molar-refractivity contribution < 1.29 is 0 Å². The second-order valence-corrected chi connectivity index (χ2v) is 5.67. The molecular formula is C17H22N2. The highest BCUT2D eigenvalue weighted by Gasteiger charge is 2.13. The Balaban J connectivity index is 1.67. The number of aromatic nitrogens is 2. The molecule has 2 heteroatoms. The van der Waals surface area contributed by atoms with Crippen molar-refractivity contribution in [2.45, 2.75) is 51.0 Å². The monoisotopic (exact) mass is 254 g/mol. The van der Waals surface area contributed by atoms with Gasteiger partial charge in [-0.15, -0.1) is 0 Å². The van der Waals surface area contributed by atoms with Gasteiger partial charge < -0.3 is 4.57 Å². The molecule has 0 bridgehead atoms. The third kappa shape index (κ3) is 3.25. The van der Waals surface area contributed by atoms with E-state index in [0.29, 0.717) is 0 Å². The van der Waals surface area contributed by atoms with Crippen molar-refractivity contribution in [2.24, 2.45) is 0 Å². The Morgan fingerprint density at radius 3 is 2.37 bits per heavy atom. The van der Waals surface area contributed by atoms with E-state index in [2.05, 4.69) is 33.8 Å². The normalized spacial score (nSPS) is 17.3. The zero-order valence-electron chi connectivity index (χ0n) is 11.5. The largest absolute Gasteiger partial charge is 0.333 e. The topological polar surface area (TPSA) is 17.8 Å². The lowest BCUT2D eigenvalue weighted by Crippen LogP contribution is -1.99. The average Bonchev–Trinajstić information content (AvgIpc) is 2.80. The lowest BCUT2D eigenvalue weighted by molar-refractivity contribution is 0.592.